The van der Waals surface area contributed by atoms with Crippen LogP contribution in [0.25, 0.3) is 22.8 Å². The molecule has 3 aliphatic rings. The molecule has 2 atom stereocenters. The van der Waals surface area contributed by atoms with Crippen molar-refractivity contribution in [1.29, 1.82) is 0 Å². The number of carboxylic acid groups (broad SMARTS) is 1. The van der Waals surface area contributed by atoms with E-state index >= 15 is 4.39 Å². The first-order chi connectivity index (χ1) is 18.9. The predicted molar refractivity (Wildman–Crippen MR) is 156 cm³/mol. The first-order valence-electron chi connectivity index (χ1n) is 13.6. The summed E-state index contributed by atoms with van der Waals surface area (Å²) in [5.74, 6) is -0.816. The molecule has 2 heterocycles. The minimum atomic E-state index is -1.06. The number of carbonyl (C=O) groups is 1. The quantitative estimate of drug-likeness (QED) is 0.279. The number of aliphatic carboxylic acids is 1. The van der Waals surface area contributed by atoms with Gasteiger partial charge in [-0.15, -0.1) is 0 Å². The Morgan fingerprint density at radius 2 is 1.97 bits per heavy atom. The molecule has 0 spiro atoms. The van der Waals surface area contributed by atoms with Crippen LogP contribution in [0.1, 0.15) is 72.0 Å². The Balaban J connectivity index is 1.55. The summed E-state index contributed by atoms with van der Waals surface area (Å²) in [6.45, 7) is 4.86. The lowest BCUT2D eigenvalue weighted by molar-refractivity contribution is -0.131. The molecule has 3 aromatic carbocycles. The van der Waals surface area contributed by atoms with Crippen molar-refractivity contribution in [1.82, 2.24) is 0 Å². The number of hydrogen-bond donors (Lipinski definition) is 2. The number of rotatable bonds is 6. The van der Waals surface area contributed by atoms with E-state index in [1.54, 1.807) is 12.4 Å². The van der Waals surface area contributed by atoms with E-state index in [-0.39, 0.29) is 17.9 Å². The summed E-state index contributed by atoms with van der Waals surface area (Å²) in [6.07, 6.45) is 9.09. The van der Waals surface area contributed by atoms with Gasteiger partial charge in [-0.1, -0.05) is 24.3 Å². The second-order valence-electron chi connectivity index (χ2n) is 10.7. The van der Waals surface area contributed by atoms with Crippen LogP contribution in [0.15, 0.2) is 65.8 Å². The maximum Gasteiger partial charge on any atom is 0.328 e. The third-order valence-corrected chi connectivity index (χ3v) is 8.11. The average Bonchev–Trinajstić information content (AvgIpc) is 3.77. The summed E-state index contributed by atoms with van der Waals surface area (Å²) >= 11 is 0. The molecule has 0 amide bonds. The molecule has 0 unspecified atom stereocenters. The fraction of sp³-hybridized carbons (Fsp3) is 0.273. The summed E-state index contributed by atoms with van der Waals surface area (Å²) in [7, 11) is 0. The normalized spacial score (nSPS) is 20.1. The molecule has 198 valence electrons. The maximum atomic E-state index is 16.2. The molecule has 6 heteroatoms. The number of halogens is 1. The van der Waals surface area contributed by atoms with Crippen molar-refractivity contribution in [3.63, 3.8) is 0 Å². The smallest absolute Gasteiger partial charge is 0.328 e. The number of nitrogens with two attached hydrogens (primary N) is 1. The summed E-state index contributed by atoms with van der Waals surface area (Å²) in [4.78, 5) is 17.9. The average molecular weight is 522 g/mol. The number of benzene rings is 3. The number of aliphatic imine (C=N–C) groups is 1. The second-order valence-corrected chi connectivity index (χ2v) is 10.7. The van der Waals surface area contributed by atoms with Crippen LogP contribution < -0.4 is 10.6 Å². The summed E-state index contributed by atoms with van der Waals surface area (Å²) in [5, 5.41) is 9.16. The molecule has 1 aliphatic carbocycles. The number of anilines is 1. The monoisotopic (exact) mass is 521 g/mol. The minimum absolute atomic E-state index is 0.136. The van der Waals surface area contributed by atoms with Gasteiger partial charge in [0, 0.05) is 53.5 Å². The van der Waals surface area contributed by atoms with E-state index in [0.29, 0.717) is 23.6 Å². The molecule has 1 saturated carbocycles. The van der Waals surface area contributed by atoms with Crippen molar-refractivity contribution in [2.24, 2.45) is 10.7 Å². The summed E-state index contributed by atoms with van der Waals surface area (Å²) in [5.41, 5.74) is 15.4. The van der Waals surface area contributed by atoms with Gasteiger partial charge in [-0.3, -0.25) is 4.99 Å². The van der Waals surface area contributed by atoms with Crippen molar-refractivity contribution in [3.8, 4) is 11.1 Å². The fourth-order valence-corrected chi connectivity index (χ4v) is 6.19. The summed E-state index contributed by atoms with van der Waals surface area (Å²) < 4.78 is 16.2. The zero-order valence-electron chi connectivity index (χ0n) is 22.2. The van der Waals surface area contributed by atoms with Gasteiger partial charge in [0.25, 0.3) is 0 Å². The molecule has 0 radical (unpaired) electrons. The van der Waals surface area contributed by atoms with E-state index in [4.69, 9.17) is 10.8 Å². The van der Waals surface area contributed by atoms with Crippen LogP contribution in [0.5, 0.6) is 0 Å². The summed E-state index contributed by atoms with van der Waals surface area (Å²) in [6, 6.07) is 16.2. The Labute approximate surface area is 228 Å². The van der Waals surface area contributed by atoms with Crippen LogP contribution in [-0.4, -0.2) is 29.9 Å². The lowest BCUT2D eigenvalue weighted by Gasteiger charge is -2.48. The number of nitrogens with zero attached hydrogens (tertiary/aromatic N) is 2. The van der Waals surface area contributed by atoms with E-state index in [1.165, 1.54) is 36.1 Å². The van der Waals surface area contributed by atoms with Crippen LogP contribution >= 0.6 is 0 Å². The van der Waals surface area contributed by atoms with Crippen molar-refractivity contribution in [2.75, 3.05) is 11.4 Å². The van der Waals surface area contributed by atoms with E-state index in [9.17, 15) is 4.79 Å². The molecule has 0 aromatic heterocycles. The minimum Gasteiger partial charge on any atom is -0.478 e. The zero-order valence-corrected chi connectivity index (χ0v) is 22.2. The van der Waals surface area contributed by atoms with Crippen molar-refractivity contribution in [3.05, 3.63) is 100 Å². The lowest BCUT2D eigenvalue weighted by atomic mass is 9.77. The van der Waals surface area contributed by atoms with Gasteiger partial charge in [-0.25, -0.2) is 9.18 Å². The van der Waals surface area contributed by atoms with Crippen LogP contribution in [-0.2, 0) is 11.2 Å². The molecule has 3 aromatic rings. The predicted octanol–water partition coefficient (Wildman–Crippen LogP) is 6.71. The van der Waals surface area contributed by atoms with Gasteiger partial charge in [0.15, 0.2) is 0 Å². The Morgan fingerprint density at radius 1 is 1.15 bits per heavy atom. The van der Waals surface area contributed by atoms with Gasteiger partial charge in [0.2, 0.25) is 0 Å². The third-order valence-electron chi connectivity index (χ3n) is 8.11. The third kappa shape index (κ3) is 4.44. The molecule has 5 nitrogen and oxygen atoms in total. The lowest BCUT2D eigenvalue weighted by Crippen LogP contribution is -2.45. The molecule has 0 saturated heterocycles. The Hall–Kier alpha value is -4.19. The van der Waals surface area contributed by atoms with Crippen molar-refractivity contribution < 1.29 is 14.3 Å². The standard InChI is InChI=1S/C33H32FN3O2/c1-3-36-18-25(17-35)22-7-9-26-24(15-22)12-19(2)37-30-10-8-23(21-5-6-21)16-27(30)28-13-20(4-11-31(38)39)14-29(34)32(28)33(26)37/h4,7-11,13-19,21,33H,3,5-6,12,35H2,1-2H3,(H,38,39)/b11-4+,25-17?,36-18?/t19-,33+/m0/s1. The van der Waals surface area contributed by atoms with E-state index in [2.05, 4.69) is 47.1 Å². The fourth-order valence-electron chi connectivity index (χ4n) is 6.19. The first kappa shape index (κ1) is 25.1. The highest BCUT2D eigenvalue weighted by molar-refractivity contribution is 6.09. The van der Waals surface area contributed by atoms with E-state index in [0.717, 1.165) is 46.0 Å². The van der Waals surface area contributed by atoms with Gasteiger partial charge >= 0.3 is 5.97 Å². The van der Waals surface area contributed by atoms with Crippen LogP contribution in [0.4, 0.5) is 10.1 Å². The van der Waals surface area contributed by atoms with E-state index < -0.39 is 5.97 Å². The van der Waals surface area contributed by atoms with Gasteiger partial charge in [-0.05, 0) is 103 Å². The molecule has 3 N–H and O–H groups in total. The zero-order chi connectivity index (χ0) is 27.3. The van der Waals surface area contributed by atoms with Gasteiger partial charge in [-0.2, -0.15) is 0 Å². The molecule has 6 rings (SSSR count). The number of carboxylic acids is 1. The Bertz CT molecular complexity index is 1570. The highest BCUT2D eigenvalue weighted by Gasteiger charge is 2.41. The van der Waals surface area contributed by atoms with Gasteiger partial charge in [0.1, 0.15) is 5.82 Å². The van der Waals surface area contributed by atoms with Crippen LogP contribution in [0, 0.1) is 5.82 Å². The Morgan fingerprint density at radius 3 is 2.69 bits per heavy atom. The highest BCUT2D eigenvalue weighted by Crippen LogP contribution is 2.54. The van der Waals surface area contributed by atoms with Crippen molar-refractivity contribution >= 4 is 29.5 Å². The van der Waals surface area contributed by atoms with Gasteiger partial charge in [0.05, 0.1) is 6.04 Å². The van der Waals surface area contributed by atoms with Crippen molar-refractivity contribution in [2.45, 2.75) is 51.1 Å². The van der Waals surface area contributed by atoms with E-state index in [1.807, 2.05) is 19.1 Å². The number of allylic oxidation sites excluding steroid dienone is 1. The number of hydrogen-bond acceptors (Lipinski definition) is 4. The van der Waals surface area contributed by atoms with Crippen LogP contribution in [0.3, 0.4) is 0 Å². The topological polar surface area (TPSA) is 78.9 Å². The number of fused-ring (bicyclic) bond motifs is 8. The maximum absolute atomic E-state index is 16.2. The molecule has 1 fully saturated rings. The SMILES string of the molecule is CCN=CC(=CN)c1ccc2c(c1)C[C@H](C)N1c3ccc(C4CC4)cc3-c3cc(/C=C/C(=O)O)cc(F)c3[C@@H]21. The molecule has 39 heavy (non-hydrogen) atoms. The Kier molecular flexibility index (Phi) is 6.34. The molecule has 2 aliphatic heterocycles. The first-order valence-corrected chi connectivity index (χ1v) is 13.6. The van der Waals surface area contributed by atoms with Gasteiger partial charge < -0.3 is 15.7 Å². The second kappa shape index (κ2) is 9.84. The van der Waals surface area contributed by atoms with Crippen LogP contribution in [0.2, 0.25) is 0 Å². The largest absolute Gasteiger partial charge is 0.478 e. The highest BCUT2D eigenvalue weighted by atomic mass is 19.1. The molecular weight excluding hydrogens is 489 g/mol. The molecular formula is C33H32FN3O2. The molecule has 0 bridgehead atoms.